The average molecular weight is 332 g/mol. The SMILES string of the molecule is CCOc1ccc(NC(=O)C2CCCC2)cc1S(=O)(=O)Cl. The maximum atomic E-state index is 12.1. The summed E-state index contributed by atoms with van der Waals surface area (Å²) in [5, 5.41) is 2.75. The maximum absolute atomic E-state index is 12.1. The maximum Gasteiger partial charge on any atom is 0.265 e. The molecule has 1 aliphatic rings. The second-order valence-corrected chi connectivity index (χ2v) is 7.54. The summed E-state index contributed by atoms with van der Waals surface area (Å²) in [5.74, 6) is 0.119. The third-order valence-electron chi connectivity index (χ3n) is 3.50. The van der Waals surface area contributed by atoms with Crippen molar-refractivity contribution < 1.29 is 17.9 Å². The highest BCUT2D eigenvalue weighted by atomic mass is 35.7. The van der Waals surface area contributed by atoms with Crippen LogP contribution >= 0.6 is 10.7 Å². The van der Waals surface area contributed by atoms with Crippen molar-refractivity contribution in [3.05, 3.63) is 18.2 Å². The quantitative estimate of drug-likeness (QED) is 0.841. The largest absolute Gasteiger partial charge is 0.492 e. The normalized spacial score (nSPS) is 15.9. The molecule has 0 spiro atoms. The Labute approximate surface area is 129 Å². The molecule has 2 rings (SSSR count). The lowest BCUT2D eigenvalue weighted by atomic mass is 10.1. The van der Waals surface area contributed by atoms with Gasteiger partial charge in [-0.2, -0.15) is 0 Å². The molecule has 1 aromatic rings. The molecule has 0 atom stereocenters. The molecular weight excluding hydrogens is 314 g/mol. The van der Waals surface area contributed by atoms with Crippen LogP contribution in [0.15, 0.2) is 23.1 Å². The topological polar surface area (TPSA) is 72.5 Å². The molecule has 21 heavy (non-hydrogen) atoms. The molecule has 0 aliphatic heterocycles. The Morgan fingerprint density at radius 3 is 2.62 bits per heavy atom. The van der Waals surface area contributed by atoms with Gasteiger partial charge in [0.2, 0.25) is 5.91 Å². The van der Waals surface area contributed by atoms with Crippen LogP contribution in [-0.4, -0.2) is 20.9 Å². The van der Waals surface area contributed by atoms with Crippen molar-refractivity contribution in [2.45, 2.75) is 37.5 Å². The number of benzene rings is 1. The van der Waals surface area contributed by atoms with Crippen molar-refractivity contribution in [2.75, 3.05) is 11.9 Å². The van der Waals surface area contributed by atoms with Gasteiger partial charge in [-0.25, -0.2) is 8.42 Å². The van der Waals surface area contributed by atoms with Gasteiger partial charge >= 0.3 is 0 Å². The highest BCUT2D eigenvalue weighted by Crippen LogP contribution is 2.31. The Morgan fingerprint density at radius 2 is 2.05 bits per heavy atom. The molecule has 1 amide bonds. The molecule has 0 bridgehead atoms. The fourth-order valence-electron chi connectivity index (χ4n) is 2.48. The minimum absolute atomic E-state index is 0.00706. The average Bonchev–Trinajstić information content (AvgIpc) is 2.93. The number of carbonyl (C=O) groups is 1. The van der Waals surface area contributed by atoms with Gasteiger partial charge in [0.1, 0.15) is 10.6 Å². The molecule has 7 heteroatoms. The van der Waals surface area contributed by atoms with Gasteiger partial charge in [-0.3, -0.25) is 4.79 Å². The number of carbonyl (C=O) groups excluding carboxylic acids is 1. The lowest BCUT2D eigenvalue weighted by Gasteiger charge is -2.13. The zero-order chi connectivity index (χ0) is 15.5. The first-order valence-corrected chi connectivity index (χ1v) is 9.25. The number of anilines is 1. The van der Waals surface area contributed by atoms with Crippen molar-refractivity contribution in [1.82, 2.24) is 0 Å². The highest BCUT2D eigenvalue weighted by Gasteiger charge is 2.24. The van der Waals surface area contributed by atoms with E-state index in [9.17, 15) is 13.2 Å². The number of nitrogens with one attached hydrogen (secondary N) is 1. The van der Waals surface area contributed by atoms with Crippen molar-refractivity contribution >= 4 is 31.3 Å². The van der Waals surface area contributed by atoms with Gasteiger partial charge in [-0.05, 0) is 38.0 Å². The summed E-state index contributed by atoms with van der Waals surface area (Å²) >= 11 is 0. The first-order valence-electron chi connectivity index (χ1n) is 6.94. The molecule has 1 aromatic carbocycles. The van der Waals surface area contributed by atoms with Gasteiger partial charge in [0.25, 0.3) is 9.05 Å². The summed E-state index contributed by atoms with van der Waals surface area (Å²) in [6.45, 7) is 2.08. The summed E-state index contributed by atoms with van der Waals surface area (Å²) in [6.07, 6.45) is 3.87. The zero-order valence-corrected chi connectivity index (χ0v) is 13.3. The van der Waals surface area contributed by atoms with E-state index in [4.69, 9.17) is 15.4 Å². The molecule has 1 saturated carbocycles. The standard InChI is InChI=1S/C14H18ClNO4S/c1-2-20-12-8-7-11(9-13(12)21(15,18)19)16-14(17)10-5-3-4-6-10/h7-10H,2-6H2,1H3,(H,16,17). The van der Waals surface area contributed by atoms with Gasteiger partial charge in [0, 0.05) is 22.3 Å². The Morgan fingerprint density at radius 1 is 1.38 bits per heavy atom. The van der Waals surface area contributed by atoms with Crippen LogP contribution in [0, 0.1) is 5.92 Å². The van der Waals surface area contributed by atoms with Crippen molar-refractivity contribution in [1.29, 1.82) is 0 Å². The Kier molecular flexibility index (Phi) is 5.11. The van der Waals surface area contributed by atoms with E-state index in [1.165, 1.54) is 12.1 Å². The van der Waals surface area contributed by atoms with E-state index in [0.717, 1.165) is 25.7 Å². The number of rotatable bonds is 5. The van der Waals surface area contributed by atoms with Crippen LogP contribution in [0.5, 0.6) is 5.75 Å². The summed E-state index contributed by atoms with van der Waals surface area (Å²) in [6, 6.07) is 4.45. The number of halogens is 1. The molecule has 0 heterocycles. The van der Waals surface area contributed by atoms with Gasteiger partial charge in [0.05, 0.1) is 6.61 Å². The second kappa shape index (κ2) is 6.66. The summed E-state index contributed by atoms with van der Waals surface area (Å²) in [7, 11) is 1.48. The highest BCUT2D eigenvalue weighted by molar-refractivity contribution is 8.13. The van der Waals surface area contributed by atoms with E-state index in [0.29, 0.717) is 12.3 Å². The molecule has 1 fully saturated rings. The molecule has 0 saturated heterocycles. The number of amides is 1. The van der Waals surface area contributed by atoms with Crippen LogP contribution in [0.25, 0.3) is 0 Å². The van der Waals surface area contributed by atoms with E-state index in [-0.39, 0.29) is 22.5 Å². The Bertz CT molecular complexity index is 624. The van der Waals surface area contributed by atoms with Crippen molar-refractivity contribution in [3.8, 4) is 5.75 Å². The minimum atomic E-state index is -3.94. The molecular formula is C14H18ClNO4S. The molecule has 5 nitrogen and oxygen atoms in total. The van der Waals surface area contributed by atoms with Crippen LogP contribution in [-0.2, 0) is 13.8 Å². The van der Waals surface area contributed by atoms with E-state index >= 15 is 0 Å². The van der Waals surface area contributed by atoms with E-state index in [1.807, 2.05) is 0 Å². The third kappa shape index (κ3) is 4.11. The molecule has 1 N–H and O–H groups in total. The predicted molar refractivity (Wildman–Crippen MR) is 81.2 cm³/mol. The Balaban J connectivity index is 2.23. The first-order chi connectivity index (χ1) is 9.91. The van der Waals surface area contributed by atoms with Crippen LogP contribution in [0.4, 0.5) is 5.69 Å². The lowest BCUT2D eigenvalue weighted by Crippen LogP contribution is -2.20. The van der Waals surface area contributed by atoms with E-state index in [2.05, 4.69) is 5.32 Å². The Hall–Kier alpha value is -1.27. The molecule has 0 radical (unpaired) electrons. The first kappa shape index (κ1) is 16.1. The van der Waals surface area contributed by atoms with Gasteiger partial charge in [-0.1, -0.05) is 12.8 Å². The van der Waals surface area contributed by atoms with Gasteiger partial charge < -0.3 is 10.1 Å². The van der Waals surface area contributed by atoms with E-state index in [1.54, 1.807) is 13.0 Å². The summed E-state index contributed by atoms with van der Waals surface area (Å²) in [4.78, 5) is 11.9. The molecule has 1 aliphatic carbocycles. The predicted octanol–water partition coefficient (Wildman–Crippen LogP) is 3.14. The van der Waals surface area contributed by atoms with E-state index < -0.39 is 9.05 Å². The molecule has 0 aromatic heterocycles. The number of ether oxygens (including phenoxy) is 1. The number of hydrogen-bond acceptors (Lipinski definition) is 4. The molecule has 0 unspecified atom stereocenters. The second-order valence-electron chi connectivity index (χ2n) is 5.00. The van der Waals surface area contributed by atoms with Crippen molar-refractivity contribution in [3.63, 3.8) is 0 Å². The minimum Gasteiger partial charge on any atom is -0.492 e. The van der Waals surface area contributed by atoms with Crippen LogP contribution in [0.1, 0.15) is 32.6 Å². The van der Waals surface area contributed by atoms with Crippen LogP contribution in [0.3, 0.4) is 0 Å². The lowest BCUT2D eigenvalue weighted by molar-refractivity contribution is -0.119. The fourth-order valence-corrected chi connectivity index (χ4v) is 3.48. The monoisotopic (exact) mass is 331 g/mol. The van der Waals surface area contributed by atoms with Crippen LogP contribution in [0.2, 0.25) is 0 Å². The number of hydrogen-bond donors (Lipinski definition) is 1. The van der Waals surface area contributed by atoms with Gasteiger partial charge in [-0.15, -0.1) is 0 Å². The van der Waals surface area contributed by atoms with Crippen molar-refractivity contribution in [2.24, 2.45) is 5.92 Å². The summed E-state index contributed by atoms with van der Waals surface area (Å²) in [5.41, 5.74) is 0.412. The third-order valence-corrected chi connectivity index (χ3v) is 4.84. The zero-order valence-electron chi connectivity index (χ0n) is 11.8. The van der Waals surface area contributed by atoms with Crippen LogP contribution < -0.4 is 10.1 Å². The fraction of sp³-hybridized carbons (Fsp3) is 0.500. The van der Waals surface area contributed by atoms with Gasteiger partial charge in [0.15, 0.2) is 0 Å². The molecule has 116 valence electrons. The smallest absolute Gasteiger partial charge is 0.265 e. The summed E-state index contributed by atoms with van der Waals surface area (Å²) < 4.78 is 28.4.